The zero-order valence-electron chi connectivity index (χ0n) is 12.2. The van der Waals surface area contributed by atoms with E-state index in [1.165, 1.54) is 25.1 Å². The van der Waals surface area contributed by atoms with E-state index in [4.69, 9.17) is 15.2 Å². The van der Waals surface area contributed by atoms with Gasteiger partial charge in [-0.3, -0.25) is 4.68 Å². The van der Waals surface area contributed by atoms with Crippen LogP contribution in [0, 0.1) is 0 Å². The van der Waals surface area contributed by atoms with Crippen LogP contribution in [0.25, 0.3) is 11.1 Å². The van der Waals surface area contributed by atoms with Gasteiger partial charge < -0.3 is 15.2 Å². The van der Waals surface area contributed by atoms with Gasteiger partial charge in [0.05, 0.1) is 26.0 Å². The van der Waals surface area contributed by atoms with Crippen molar-refractivity contribution in [1.29, 1.82) is 0 Å². The van der Waals surface area contributed by atoms with Gasteiger partial charge in [0.1, 0.15) is 22.2 Å². The molecule has 7 nitrogen and oxygen atoms in total. The molecular weight excluding hydrogens is 294 g/mol. The average Bonchev–Trinajstić information content (AvgIpc) is 2.76. The molecule has 0 spiro atoms. The van der Waals surface area contributed by atoms with E-state index in [1.54, 1.807) is 19.2 Å². The fourth-order valence-corrected chi connectivity index (χ4v) is 3.24. The number of hydrogen-bond donors (Lipinski definition) is 1. The largest absolute Gasteiger partial charge is 0.496 e. The monoisotopic (exact) mass is 311 g/mol. The summed E-state index contributed by atoms with van der Waals surface area (Å²) in [4.78, 5) is 0.0315. The maximum absolute atomic E-state index is 12.2. The van der Waals surface area contributed by atoms with Gasteiger partial charge in [-0.05, 0) is 12.1 Å². The minimum atomic E-state index is -3.56. The highest BCUT2D eigenvalue weighted by Gasteiger charge is 2.26. The smallest absolute Gasteiger partial charge is 0.179 e. The second kappa shape index (κ2) is 5.28. The zero-order chi connectivity index (χ0) is 15.8. The summed E-state index contributed by atoms with van der Waals surface area (Å²) >= 11 is 0. The number of sulfone groups is 1. The van der Waals surface area contributed by atoms with Crippen LogP contribution in [0.2, 0.25) is 0 Å². The first kappa shape index (κ1) is 15.2. The number of aryl methyl sites for hydroxylation is 1. The third-order valence-corrected chi connectivity index (χ3v) is 4.29. The second-order valence-corrected chi connectivity index (χ2v) is 6.47. The van der Waals surface area contributed by atoms with Crippen LogP contribution >= 0.6 is 0 Å². The summed E-state index contributed by atoms with van der Waals surface area (Å²) in [6.45, 7) is 0. The molecule has 0 saturated heterocycles. The number of aromatic nitrogens is 2. The van der Waals surface area contributed by atoms with Gasteiger partial charge in [-0.1, -0.05) is 0 Å². The van der Waals surface area contributed by atoms with E-state index in [0.717, 1.165) is 6.26 Å². The highest BCUT2D eigenvalue weighted by molar-refractivity contribution is 7.91. The Morgan fingerprint density at radius 3 is 2.19 bits per heavy atom. The molecule has 0 aliphatic carbocycles. The van der Waals surface area contributed by atoms with Crippen LogP contribution in [0.5, 0.6) is 11.5 Å². The van der Waals surface area contributed by atoms with Crippen LogP contribution in [0.1, 0.15) is 0 Å². The SMILES string of the molecule is COc1ccc(OC)c(S(C)(=O)=O)c1-c1cnn(C)c1N. The topological polar surface area (TPSA) is 96.4 Å². The molecule has 0 bridgehead atoms. The average molecular weight is 311 g/mol. The number of rotatable bonds is 4. The quantitative estimate of drug-likeness (QED) is 0.908. The van der Waals surface area contributed by atoms with Crippen molar-refractivity contribution in [3.8, 4) is 22.6 Å². The Balaban J connectivity index is 2.94. The van der Waals surface area contributed by atoms with E-state index in [9.17, 15) is 8.42 Å². The number of nitrogens with two attached hydrogens (primary N) is 1. The van der Waals surface area contributed by atoms with Crippen LogP contribution < -0.4 is 15.2 Å². The van der Waals surface area contributed by atoms with Gasteiger partial charge in [-0.15, -0.1) is 0 Å². The van der Waals surface area contributed by atoms with E-state index >= 15 is 0 Å². The van der Waals surface area contributed by atoms with Crippen molar-refractivity contribution < 1.29 is 17.9 Å². The van der Waals surface area contributed by atoms with Gasteiger partial charge in [0.2, 0.25) is 0 Å². The first-order chi connectivity index (χ1) is 9.81. The van der Waals surface area contributed by atoms with E-state index in [-0.39, 0.29) is 10.6 Å². The number of hydrogen-bond acceptors (Lipinski definition) is 6. The summed E-state index contributed by atoms with van der Waals surface area (Å²) in [5.41, 5.74) is 6.80. The standard InChI is InChI=1S/C13H17N3O4S/c1-16-13(14)8(7-15-16)11-9(19-2)5-6-10(20-3)12(11)21(4,17)18/h5-7H,14H2,1-4H3. The number of nitrogen functional groups attached to an aromatic ring is 1. The summed E-state index contributed by atoms with van der Waals surface area (Å²) in [6, 6.07) is 3.18. The van der Waals surface area contributed by atoms with Gasteiger partial charge in [0.15, 0.2) is 9.84 Å². The Hall–Kier alpha value is -2.22. The molecule has 1 aromatic carbocycles. The molecule has 1 heterocycles. The number of methoxy groups -OCH3 is 2. The van der Waals surface area contributed by atoms with Crippen LogP contribution in [-0.4, -0.2) is 38.7 Å². The van der Waals surface area contributed by atoms with Gasteiger partial charge >= 0.3 is 0 Å². The number of ether oxygens (including phenoxy) is 2. The van der Waals surface area contributed by atoms with Gasteiger partial charge in [-0.2, -0.15) is 5.10 Å². The molecule has 21 heavy (non-hydrogen) atoms. The molecule has 0 fully saturated rings. The molecule has 2 aromatic rings. The van der Waals surface area contributed by atoms with Gasteiger partial charge in [-0.25, -0.2) is 8.42 Å². The molecule has 2 rings (SSSR count). The van der Waals surface area contributed by atoms with E-state index in [0.29, 0.717) is 22.7 Å². The maximum Gasteiger partial charge on any atom is 0.179 e. The van der Waals surface area contributed by atoms with Gasteiger partial charge in [0.25, 0.3) is 0 Å². The molecule has 0 amide bonds. The van der Waals surface area contributed by atoms with Crippen LogP contribution in [0.4, 0.5) is 5.82 Å². The van der Waals surface area contributed by atoms with Crippen molar-refractivity contribution in [2.24, 2.45) is 7.05 Å². The van der Waals surface area contributed by atoms with E-state index in [1.807, 2.05) is 0 Å². The fourth-order valence-electron chi connectivity index (χ4n) is 2.14. The summed E-state index contributed by atoms with van der Waals surface area (Å²) in [5, 5.41) is 4.05. The molecule has 1 aromatic heterocycles. The Morgan fingerprint density at radius 2 is 1.76 bits per heavy atom. The van der Waals surface area contributed by atoms with Crippen molar-refractivity contribution in [3.05, 3.63) is 18.3 Å². The Bertz CT molecular complexity index is 781. The Morgan fingerprint density at radius 1 is 1.19 bits per heavy atom. The highest BCUT2D eigenvalue weighted by Crippen LogP contribution is 2.43. The van der Waals surface area contributed by atoms with E-state index < -0.39 is 9.84 Å². The Kier molecular flexibility index (Phi) is 3.82. The van der Waals surface area contributed by atoms with Crippen molar-refractivity contribution in [2.75, 3.05) is 26.2 Å². The minimum Gasteiger partial charge on any atom is -0.496 e. The van der Waals surface area contributed by atoms with E-state index in [2.05, 4.69) is 5.10 Å². The highest BCUT2D eigenvalue weighted by atomic mass is 32.2. The van der Waals surface area contributed by atoms with Crippen molar-refractivity contribution in [1.82, 2.24) is 9.78 Å². The molecule has 2 N–H and O–H groups in total. The molecule has 0 saturated carbocycles. The predicted octanol–water partition coefficient (Wildman–Crippen LogP) is 1.09. The molecule has 114 valence electrons. The van der Waals surface area contributed by atoms with Crippen molar-refractivity contribution >= 4 is 15.7 Å². The van der Waals surface area contributed by atoms with Crippen LogP contribution in [-0.2, 0) is 16.9 Å². The lowest BCUT2D eigenvalue weighted by Gasteiger charge is -2.15. The molecule has 0 aliphatic rings. The van der Waals surface area contributed by atoms with Crippen LogP contribution in [0.15, 0.2) is 23.2 Å². The molecule has 0 radical (unpaired) electrons. The lowest BCUT2D eigenvalue weighted by molar-refractivity contribution is 0.394. The summed E-state index contributed by atoms with van der Waals surface area (Å²) in [7, 11) is 0.982. The van der Waals surface area contributed by atoms with Gasteiger partial charge in [0, 0.05) is 18.9 Å². The molecule has 0 aliphatic heterocycles. The molecule has 8 heteroatoms. The normalized spacial score (nSPS) is 11.4. The third-order valence-electron chi connectivity index (χ3n) is 3.15. The number of benzene rings is 1. The number of nitrogens with zero attached hydrogens (tertiary/aromatic N) is 2. The predicted molar refractivity (Wildman–Crippen MR) is 79.3 cm³/mol. The van der Waals surface area contributed by atoms with Crippen molar-refractivity contribution in [3.63, 3.8) is 0 Å². The zero-order valence-corrected chi connectivity index (χ0v) is 13.1. The summed E-state index contributed by atoms with van der Waals surface area (Å²) < 4.78 is 36.3. The lowest BCUT2D eigenvalue weighted by Crippen LogP contribution is -2.06. The molecule has 0 unspecified atom stereocenters. The first-order valence-corrected chi connectivity index (χ1v) is 7.93. The third kappa shape index (κ3) is 2.54. The fraction of sp³-hybridized carbons (Fsp3) is 0.308. The first-order valence-electron chi connectivity index (χ1n) is 6.04. The molecule has 0 atom stereocenters. The van der Waals surface area contributed by atoms with Crippen LogP contribution in [0.3, 0.4) is 0 Å². The minimum absolute atomic E-state index is 0.0315. The molecular formula is C13H17N3O4S. The Labute approximate surface area is 123 Å². The summed E-state index contributed by atoms with van der Waals surface area (Å²) in [5.74, 6) is 0.957. The maximum atomic E-state index is 12.2. The number of anilines is 1. The van der Waals surface area contributed by atoms with Crippen molar-refractivity contribution in [2.45, 2.75) is 4.90 Å². The lowest BCUT2D eigenvalue weighted by atomic mass is 10.1. The second-order valence-electron chi connectivity index (χ2n) is 4.51. The summed E-state index contributed by atoms with van der Waals surface area (Å²) in [6.07, 6.45) is 2.61.